The number of carbonyl (C=O) groups is 1. The quantitative estimate of drug-likeness (QED) is 0.630. The van der Waals surface area contributed by atoms with Crippen LogP contribution in [0, 0.1) is 0 Å². The molecule has 0 heterocycles. The largest absolute Gasteiger partial charge is 0.395 e. The summed E-state index contributed by atoms with van der Waals surface area (Å²) < 4.78 is 0. The first-order valence-electron chi connectivity index (χ1n) is 6.03. The van der Waals surface area contributed by atoms with E-state index in [0.29, 0.717) is 13.0 Å². The van der Waals surface area contributed by atoms with Crippen LogP contribution in [0.3, 0.4) is 0 Å². The lowest BCUT2D eigenvalue weighted by Crippen LogP contribution is -2.38. The summed E-state index contributed by atoms with van der Waals surface area (Å²) in [6.07, 6.45) is 5.13. The summed E-state index contributed by atoms with van der Waals surface area (Å²) in [7, 11) is 0. The lowest BCUT2D eigenvalue weighted by molar-refractivity contribution is -0.133. The van der Waals surface area contributed by atoms with Crippen LogP contribution in [0.25, 0.3) is 0 Å². The molecule has 0 saturated heterocycles. The van der Waals surface area contributed by atoms with Crippen molar-refractivity contribution < 1.29 is 9.90 Å². The Kier molecular flexibility index (Phi) is 8.38. The second-order valence-electron chi connectivity index (χ2n) is 4.22. The summed E-state index contributed by atoms with van der Waals surface area (Å²) in [4.78, 5) is 13.5. The summed E-state index contributed by atoms with van der Waals surface area (Å²) in [6, 6.07) is 0.191. The van der Waals surface area contributed by atoms with Crippen LogP contribution in [0.4, 0.5) is 0 Å². The first kappa shape index (κ1) is 14.4. The first-order chi connectivity index (χ1) is 7.13. The summed E-state index contributed by atoms with van der Waals surface area (Å²) in [5.74, 6) is 0.176. The fourth-order valence-corrected chi connectivity index (χ4v) is 1.63. The number of aliphatic hydroxyl groups excluding tert-OH is 1. The number of aliphatic hydroxyl groups is 1. The van der Waals surface area contributed by atoms with Gasteiger partial charge in [-0.1, -0.05) is 26.2 Å². The highest BCUT2D eigenvalue weighted by Crippen LogP contribution is 2.07. The number of hydrogen-bond acceptors (Lipinski definition) is 2. The van der Waals surface area contributed by atoms with Crippen molar-refractivity contribution in [1.29, 1.82) is 0 Å². The van der Waals surface area contributed by atoms with Gasteiger partial charge in [-0.25, -0.2) is 0 Å². The SMILES string of the molecule is CCCCCCC(=O)N(CCO)C(C)C. The third kappa shape index (κ3) is 6.50. The smallest absolute Gasteiger partial charge is 0.222 e. The highest BCUT2D eigenvalue weighted by atomic mass is 16.3. The molecule has 0 aromatic rings. The van der Waals surface area contributed by atoms with Gasteiger partial charge in [0.05, 0.1) is 6.61 Å². The monoisotopic (exact) mass is 215 g/mol. The molecule has 1 N–H and O–H groups in total. The van der Waals surface area contributed by atoms with E-state index in [4.69, 9.17) is 5.11 Å². The molecule has 1 amide bonds. The van der Waals surface area contributed by atoms with Crippen molar-refractivity contribution in [2.75, 3.05) is 13.2 Å². The molecule has 0 unspecified atom stereocenters. The van der Waals surface area contributed by atoms with Gasteiger partial charge in [0.15, 0.2) is 0 Å². The molecular formula is C12H25NO2. The summed E-state index contributed by atoms with van der Waals surface area (Å²) in [5, 5.41) is 8.85. The van der Waals surface area contributed by atoms with E-state index in [-0.39, 0.29) is 18.6 Å². The second-order valence-corrected chi connectivity index (χ2v) is 4.22. The molecule has 3 heteroatoms. The van der Waals surface area contributed by atoms with Crippen molar-refractivity contribution in [2.24, 2.45) is 0 Å². The number of hydrogen-bond donors (Lipinski definition) is 1. The molecule has 0 aliphatic rings. The summed E-state index contributed by atoms with van der Waals surface area (Å²) >= 11 is 0. The van der Waals surface area contributed by atoms with Crippen molar-refractivity contribution in [3.05, 3.63) is 0 Å². The number of nitrogens with zero attached hydrogens (tertiary/aromatic N) is 1. The van der Waals surface area contributed by atoms with Crippen molar-refractivity contribution in [3.8, 4) is 0 Å². The minimum Gasteiger partial charge on any atom is -0.395 e. The van der Waals surface area contributed by atoms with Crippen LogP contribution in [0.1, 0.15) is 52.9 Å². The third-order valence-corrected chi connectivity index (χ3v) is 2.53. The Bertz CT molecular complexity index is 169. The van der Waals surface area contributed by atoms with Gasteiger partial charge in [-0.05, 0) is 20.3 Å². The van der Waals surface area contributed by atoms with Crippen LogP contribution in [-0.2, 0) is 4.79 Å². The molecule has 0 bridgehead atoms. The number of unbranched alkanes of at least 4 members (excludes halogenated alkanes) is 3. The minimum atomic E-state index is 0.0544. The molecule has 0 radical (unpaired) electrons. The highest BCUT2D eigenvalue weighted by Gasteiger charge is 2.15. The molecule has 0 atom stereocenters. The van der Waals surface area contributed by atoms with Crippen molar-refractivity contribution >= 4 is 5.91 Å². The zero-order chi connectivity index (χ0) is 11.7. The molecule has 90 valence electrons. The van der Waals surface area contributed by atoms with E-state index in [2.05, 4.69) is 6.92 Å². The minimum absolute atomic E-state index is 0.0544. The van der Waals surface area contributed by atoms with Gasteiger partial charge in [0.2, 0.25) is 5.91 Å². The van der Waals surface area contributed by atoms with Crippen molar-refractivity contribution in [1.82, 2.24) is 4.90 Å². The third-order valence-electron chi connectivity index (χ3n) is 2.53. The normalized spacial score (nSPS) is 10.7. The van der Waals surface area contributed by atoms with Crippen LogP contribution in [0.15, 0.2) is 0 Å². The van der Waals surface area contributed by atoms with Gasteiger partial charge in [-0.15, -0.1) is 0 Å². The summed E-state index contributed by atoms with van der Waals surface area (Å²) in [5.41, 5.74) is 0. The average molecular weight is 215 g/mol. The van der Waals surface area contributed by atoms with E-state index in [0.717, 1.165) is 12.8 Å². The maximum absolute atomic E-state index is 11.8. The molecule has 0 aliphatic heterocycles. The predicted octanol–water partition coefficient (Wildman–Crippen LogP) is 2.19. The van der Waals surface area contributed by atoms with Crippen LogP contribution in [-0.4, -0.2) is 35.1 Å². The Morgan fingerprint density at radius 2 is 1.93 bits per heavy atom. The van der Waals surface area contributed by atoms with Gasteiger partial charge >= 0.3 is 0 Å². The number of rotatable bonds is 8. The average Bonchev–Trinajstić information content (AvgIpc) is 2.20. The molecular weight excluding hydrogens is 190 g/mol. The second kappa shape index (κ2) is 8.72. The van der Waals surface area contributed by atoms with E-state index in [9.17, 15) is 4.79 Å². The van der Waals surface area contributed by atoms with E-state index < -0.39 is 0 Å². The molecule has 15 heavy (non-hydrogen) atoms. The highest BCUT2D eigenvalue weighted by molar-refractivity contribution is 5.76. The molecule has 0 rings (SSSR count). The molecule has 0 aromatic carbocycles. The Labute approximate surface area is 93.5 Å². The van der Waals surface area contributed by atoms with Crippen molar-refractivity contribution in [3.63, 3.8) is 0 Å². The molecule has 0 fully saturated rings. The molecule has 3 nitrogen and oxygen atoms in total. The predicted molar refractivity (Wildman–Crippen MR) is 62.7 cm³/mol. The first-order valence-corrected chi connectivity index (χ1v) is 6.03. The zero-order valence-electron chi connectivity index (χ0n) is 10.3. The Morgan fingerprint density at radius 1 is 1.27 bits per heavy atom. The lowest BCUT2D eigenvalue weighted by Gasteiger charge is -2.25. The van der Waals surface area contributed by atoms with Gasteiger partial charge in [-0.3, -0.25) is 4.79 Å². The molecule has 0 aliphatic carbocycles. The van der Waals surface area contributed by atoms with Gasteiger partial charge in [0, 0.05) is 19.0 Å². The maximum Gasteiger partial charge on any atom is 0.222 e. The standard InChI is InChI=1S/C12H25NO2/c1-4-5-6-7-8-12(15)13(9-10-14)11(2)3/h11,14H,4-10H2,1-3H3. The van der Waals surface area contributed by atoms with E-state index in [1.165, 1.54) is 12.8 Å². The van der Waals surface area contributed by atoms with Gasteiger partial charge in [0.1, 0.15) is 0 Å². The van der Waals surface area contributed by atoms with Crippen LogP contribution < -0.4 is 0 Å². The van der Waals surface area contributed by atoms with Gasteiger partial charge < -0.3 is 10.0 Å². The van der Waals surface area contributed by atoms with E-state index in [1.807, 2.05) is 13.8 Å². The number of carbonyl (C=O) groups excluding carboxylic acids is 1. The lowest BCUT2D eigenvalue weighted by atomic mass is 10.1. The number of amides is 1. The summed E-state index contributed by atoms with van der Waals surface area (Å²) in [6.45, 7) is 6.65. The van der Waals surface area contributed by atoms with Crippen LogP contribution in [0.2, 0.25) is 0 Å². The van der Waals surface area contributed by atoms with Crippen LogP contribution >= 0.6 is 0 Å². The van der Waals surface area contributed by atoms with E-state index in [1.54, 1.807) is 4.90 Å². The fraction of sp³-hybridized carbons (Fsp3) is 0.917. The van der Waals surface area contributed by atoms with Gasteiger partial charge in [-0.2, -0.15) is 0 Å². The van der Waals surface area contributed by atoms with Crippen molar-refractivity contribution in [2.45, 2.75) is 58.9 Å². The van der Waals surface area contributed by atoms with E-state index >= 15 is 0 Å². The Morgan fingerprint density at radius 3 is 2.40 bits per heavy atom. The maximum atomic E-state index is 11.8. The topological polar surface area (TPSA) is 40.5 Å². The molecule has 0 spiro atoms. The molecule has 0 saturated carbocycles. The Balaban J connectivity index is 3.82. The zero-order valence-corrected chi connectivity index (χ0v) is 10.3. The molecule has 0 aromatic heterocycles. The van der Waals surface area contributed by atoms with Gasteiger partial charge in [0.25, 0.3) is 0 Å². The Hall–Kier alpha value is -0.570. The fourth-order valence-electron chi connectivity index (χ4n) is 1.63. The van der Waals surface area contributed by atoms with Crippen LogP contribution in [0.5, 0.6) is 0 Å².